The van der Waals surface area contributed by atoms with Gasteiger partial charge < -0.3 is 10.4 Å². The number of anilines is 1. The zero-order valence-corrected chi connectivity index (χ0v) is 19.0. The Hall–Kier alpha value is -3.33. The number of rotatable bonds is 7. The molecule has 1 heterocycles. The Labute approximate surface area is 190 Å². The third-order valence-corrected chi connectivity index (χ3v) is 6.42. The highest BCUT2D eigenvalue weighted by Gasteiger charge is 2.28. The molecular formula is C29H31NO2. The largest absolute Gasteiger partial charge is 0.510 e. The third-order valence-electron chi connectivity index (χ3n) is 6.42. The van der Waals surface area contributed by atoms with Crippen LogP contribution in [-0.4, -0.2) is 10.9 Å². The number of aliphatic hydroxyl groups is 1. The van der Waals surface area contributed by atoms with Crippen LogP contribution in [0.15, 0.2) is 90.3 Å². The molecule has 1 atom stereocenters. The zero-order valence-electron chi connectivity index (χ0n) is 19.0. The van der Waals surface area contributed by atoms with Crippen molar-refractivity contribution in [1.82, 2.24) is 0 Å². The fraction of sp³-hybridized carbons (Fsp3) is 0.276. The first kappa shape index (κ1) is 21.9. The van der Waals surface area contributed by atoms with Crippen LogP contribution in [0.5, 0.6) is 0 Å². The summed E-state index contributed by atoms with van der Waals surface area (Å²) >= 11 is 0. The van der Waals surface area contributed by atoms with Crippen molar-refractivity contribution in [1.29, 1.82) is 0 Å². The summed E-state index contributed by atoms with van der Waals surface area (Å²) < 4.78 is 0. The molecule has 2 N–H and O–H groups in total. The monoisotopic (exact) mass is 425 g/mol. The Bertz CT molecular complexity index is 1080. The molecule has 3 aromatic rings. The quantitative estimate of drug-likeness (QED) is 0.418. The molecule has 0 amide bonds. The van der Waals surface area contributed by atoms with Crippen LogP contribution in [0, 0.1) is 0 Å². The van der Waals surface area contributed by atoms with Gasteiger partial charge in [-0.2, -0.15) is 0 Å². The van der Waals surface area contributed by atoms with Crippen LogP contribution in [0.3, 0.4) is 0 Å². The fourth-order valence-corrected chi connectivity index (χ4v) is 4.63. The van der Waals surface area contributed by atoms with Crippen LogP contribution in [0.2, 0.25) is 0 Å². The lowest BCUT2D eigenvalue weighted by Gasteiger charge is -2.29. The number of nitrogens with one attached hydrogen (secondary N) is 1. The van der Waals surface area contributed by atoms with Crippen molar-refractivity contribution in [2.75, 3.05) is 5.32 Å². The number of hydrogen-bond acceptors (Lipinski definition) is 3. The van der Waals surface area contributed by atoms with Gasteiger partial charge in [0.2, 0.25) is 0 Å². The second kappa shape index (κ2) is 9.44. The van der Waals surface area contributed by atoms with E-state index in [2.05, 4.69) is 55.6 Å². The molecule has 4 rings (SSSR count). The lowest BCUT2D eigenvalue weighted by Crippen LogP contribution is -2.21. The third kappa shape index (κ3) is 4.47. The molecule has 3 heteroatoms. The maximum atomic E-state index is 13.3. The van der Waals surface area contributed by atoms with E-state index in [-0.39, 0.29) is 29.8 Å². The molecule has 0 spiro atoms. The molecule has 0 saturated carbocycles. The molecule has 0 bridgehead atoms. The minimum absolute atomic E-state index is 0.00725. The number of ketones is 1. The highest BCUT2D eigenvalue weighted by atomic mass is 16.3. The van der Waals surface area contributed by atoms with E-state index in [1.165, 1.54) is 5.56 Å². The highest BCUT2D eigenvalue weighted by molar-refractivity contribution is 5.84. The molecule has 0 radical (unpaired) electrons. The fourth-order valence-electron chi connectivity index (χ4n) is 4.63. The van der Waals surface area contributed by atoms with Crippen LogP contribution in [-0.2, 0) is 4.79 Å². The summed E-state index contributed by atoms with van der Waals surface area (Å²) in [4.78, 5) is 13.3. The summed E-state index contributed by atoms with van der Waals surface area (Å²) in [6.45, 7) is 6.32. The predicted octanol–water partition coefficient (Wildman–Crippen LogP) is 7.29. The topological polar surface area (TPSA) is 49.3 Å². The Balaban J connectivity index is 1.58. The van der Waals surface area contributed by atoms with Crippen molar-refractivity contribution in [3.8, 4) is 0 Å². The average Bonchev–Trinajstić information content (AvgIpc) is 2.81. The molecule has 1 aliphatic heterocycles. The first-order valence-corrected chi connectivity index (χ1v) is 11.4. The number of benzene rings is 3. The Kier molecular flexibility index (Phi) is 6.45. The molecule has 32 heavy (non-hydrogen) atoms. The van der Waals surface area contributed by atoms with E-state index < -0.39 is 0 Å². The van der Waals surface area contributed by atoms with Gasteiger partial charge in [-0.05, 0) is 28.2 Å². The van der Waals surface area contributed by atoms with E-state index in [9.17, 15) is 9.90 Å². The van der Waals surface area contributed by atoms with Crippen molar-refractivity contribution in [2.45, 2.75) is 51.4 Å². The van der Waals surface area contributed by atoms with Crippen LogP contribution in [0.25, 0.3) is 0 Å². The molecule has 164 valence electrons. The van der Waals surface area contributed by atoms with Gasteiger partial charge in [0.05, 0.1) is 5.70 Å². The van der Waals surface area contributed by atoms with Gasteiger partial charge in [0.15, 0.2) is 0 Å². The zero-order chi connectivity index (χ0) is 22.7. The van der Waals surface area contributed by atoms with Crippen LogP contribution >= 0.6 is 0 Å². The first-order valence-electron chi connectivity index (χ1n) is 11.4. The van der Waals surface area contributed by atoms with Crippen molar-refractivity contribution in [3.63, 3.8) is 0 Å². The van der Waals surface area contributed by atoms with E-state index in [1.54, 1.807) is 0 Å². The molecular weight excluding hydrogens is 394 g/mol. The Morgan fingerprint density at radius 3 is 2.06 bits per heavy atom. The SMILES string of the molecule is CC(C)c1cccc2c1NC(CC(=O)CC(c1ccccc1)c1ccccc1)=C(O)C2C. The summed E-state index contributed by atoms with van der Waals surface area (Å²) in [6.07, 6.45) is 0.581. The average molecular weight is 426 g/mol. The van der Waals surface area contributed by atoms with Crippen LogP contribution in [0.1, 0.15) is 73.6 Å². The maximum Gasteiger partial charge on any atom is 0.139 e. The number of fused-ring (bicyclic) bond motifs is 1. The first-order chi connectivity index (χ1) is 15.5. The Morgan fingerprint density at radius 2 is 1.50 bits per heavy atom. The standard InChI is InChI=1S/C29H31NO2/c1-19(2)24-15-10-16-25-20(3)29(32)27(30-28(24)25)18-23(31)17-26(21-11-6-4-7-12-21)22-13-8-5-9-14-22/h4-16,19-20,26,30,32H,17-18H2,1-3H3. The van der Waals surface area contributed by atoms with Gasteiger partial charge in [-0.3, -0.25) is 4.79 Å². The van der Waals surface area contributed by atoms with Gasteiger partial charge in [-0.15, -0.1) is 0 Å². The van der Waals surface area contributed by atoms with E-state index in [0.29, 0.717) is 18.0 Å². The van der Waals surface area contributed by atoms with Crippen molar-refractivity contribution in [3.05, 3.63) is 113 Å². The van der Waals surface area contributed by atoms with E-state index in [1.807, 2.05) is 49.4 Å². The van der Waals surface area contributed by atoms with Gasteiger partial charge in [-0.1, -0.05) is 99.6 Å². The number of carbonyl (C=O) groups is 1. The molecule has 1 aliphatic rings. The van der Waals surface area contributed by atoms with Crippen LogP contribution in [0.4, 0.5) is 5.69 Å². The lowest BCUT2D eigenvalue weighted by molar-refractivity contribution is -0.118. The van der Waals surface area contributed by atoms with Gasteiger partial charge in [0.1, 0.15) is 11.5 Å². The summed E-state index contributed by atoms with van der Waals surface area (Å²) in [5.74, 6) is 0.582. The second-order valence-corrected chi connectivity index (χ2v) is 8.97. The second-order valence-electron chi connectivity index (χ2n) is 8.97. The molecule has 1 unspecified atom stereocenters. The summed E-state index contributed by atoms with van der Waals surface area (Å²) in [5.41, 5.74) is 6.21. The molecule has 3 nitrogen and oxygen atoms in total. The van der Waals surface area contributed by atoms with E-state index >= 15 is 0 Å². The number of aliphatic hydroxyl groups excluding tert-OH is 1. The van der Waals surface area contributed by atoms with Gasteiger partial charge >= 0.3 is 0 Å². The summed E-state index contributed by atoms with van der Waals surface area (Å²) in [6, 6.07) is 26.6. The normalized spacial score (nSPS) is 15.6. The lowest BCUT2D eigenvalue weighted by atomic mass is 9.84. The molecule has 0 aliphatic carbocycles. The minimum atomic E-state index is -0.133. The molecule has 3 aromatic carbocycles. The van der Waals surface area contributed by atoms with Crippen molar-refractivity contribution in [2.24, 2.45) is 0 Å². The highest BCUT2D eigenvalue weighted by Crippen LogP contribution is 2.41. The van der Waals surface area contributed by atoms with E-state index in [0.717, 1.165) is 22.4 Å². The number of Topliss-reactive ketones (excluding diaryl/α,β-unsaturated/α-hetero) is 1. The number of para-hydroxylation sites is 1. The van der Waals surface area contributed by atoms with Gasteiger partial charge in [0.25, 0.3) is 0 Å². The number of carbonyl (C=O) groups excluding carboxylic acids is 1. The smallest absolute Gasteiger partial charge is 0.139 e. The number of allylic oxidation sites excluding steroid dienone is 2. The van der Waals surface area contributed by atoms with Crippen LogP contribution < -0.4 is 5.32 Å². The molecule has 0 fully saturated rings. The van der Waals surface area contributed by atoms with Crippen molar-refractivity contribution >= 4 is 11.5 Å². The maximum absolute atomic E-state index is 13.3. The Morgan fingerprint density at radius 1 is 0.906 bits per heavy atom. The minimum Gasteiger partial charge on any atom is -0.510 e. The van der Waals surface area contributed by atoms with Gasteiger partial charge in [-0.25, -0.2) is 0 Å². The van der Waals surface area contributed by atoms with Gasteiger partial charge in [0, 0.05) is 30.4 Å². The number of hydrogen-bond donors (Lipinski definition) is 2. The summed E-state index contributed by atoms with van der Waals surface area (Å²) in [5, 5.41) is 14.3. The molecule has 0 aromatic heterocycles. The van der Waals surface area contributed by atoms with Crippen molar-refractivity contribution < 1.29 is 9.90 Å². The molecule has 0 saturated heterocycles. The summed E-state index contributed by atoms with van der Waals surface area (Å²) in [7, 11) is 0. The van der Waals surface area contributed by atoms with E-state index in [4.69, 9.17) is 0 Å². The predicted molar refractivity (Wildman–Crippen MR) is 131 cm³/mol.